The van der Waals surface area contributed by atoms with E-state index in [0.29, 0.717) is 6.42 Å². The molecule has 1 unspecified atom stereocenters. The summed E-state index contributed by atoms with van der Waals surface area (Å²) in [5, 5.41) is 11.8. The quantitative estimate of drug-likeness (QED) is 0.541. The molecule has 0 radical (unpaired) electrons. The number of hydrogen-bond acceptors (Lipinski definition) is 5. The molecule has 0 heterocycles. The van der Waals surface area contributed by atoms with Gasteiger partial charge in [-0.25, -0.2) is 4.79 Å². The van der Waals surface area contributed by atoms with Crippen molar-refractivity contribution in [2.75, 3.05) is 40.0 Å². The summed E-state index contributed by atoms with van der Waals surface area (Å²) in [6.45, 7) is 2.05. The van der Waals surface area contributed by atoms with Crippen LogP contribution in [0.4, 0.5) is 4.79 Å². The van der Waals surface area contributed by atoms with E-state index in [2.05, 4.69) is 17.4 Å². The van der Waals surface area contributed by atoms with Crippen LogP contribution in [0.3, 0.4) is 0 Å². The Morgan fingerprint density at radius 1 is 1.06 bits per heavy atom. The van der Waals surface area contributed by atoms with E-state index in [1.807, 2.05) is 43.3 Å². The molecule has 33 heavy (non-hydrogen) atoms. The second kappa shape index (κ2) is 11.5. The molecule has 0 spiro atoms. The minimum Gasteiger partial charge on any atom is -0.480 e. The van der Waals surface area contributed by atoms with E-state index in [1.165, 1.54) is 12.0 Å². The maximum atomic E-state index is 12.8. The smallest absolute Gasteiger partial charge is 0.407 e. The number of carbonyl (C=O) groups is 3. The zero-order valence-corrected chi connectivity index (χ0v) is 19.0. The molecule has 1 aliphatic rings. The first-order valence-electron chi connectivity index (χ1n) is 11.0. The fourth-order valence-electron chi connectivity index (χ4n) is 4.15. The summed E-state index contributed by atoms with van der Waals surface area (Å²) in [6, 6.07) is 16.2. The van der Waals surface area contributed by atoms with Gasteiger partial charge in [0, 0.05) is 26.1 Å². The third-order valence-corrected chi connectivity index (χ3v) is 5.88. The van der Waals surface area contributed by atoms with Gasteiger partial charge >= 0.3 is 12.1 Å². The van der Waals surface area contributed by atoms with Crippen molar-refractivity contribution in [2.45, 2.75) is 19.3 Å². The monoisotopic (exact) mass is 454 g/mol. The number of methoxy groups -OCH3 is 1. The van der Waals surface area contributed by atoms with E-state index in [1.54, 1.807) is 0 Å². The van der Waals surface area contributed by atoms with E-state index in [-0.39, 0.29) is 38.1 Å². The van der Waals surface area contributed by atoms with Crippen molar-refractivity contribution in [2.24, 2.45) is 5.92 Å². The van der Waals surface area contributed by atoms with Crippen LogP contribution in [0.25, 0.3) is 11.1 Å². The molecule has 0 aliphatic heterocycles. The van der Waals surface area contributed by atoms with E-state index < -0.39 is 24.5 Å². The van der Waals surface area contributed by atoms with Gasteiger partial charge in [-0.05, 0) is 28.7 Å². The molecule has 176 valence electrons. The number of carbonyl (C=O) groups excluding carboxylic acids is 2. The summed E-state index contributed by atoms with van der Waals surface area (Å²) >= 11 is 0. The van der Waals surface area contributed by atoms with Gasteiger partial charge in [-0.3, -0.25) is 9.59 Å². The summed E-state index contributed by atoms with van der Waals surface area (Å²) < 4.78 is 10.5. The number of rotatable bonds is 11. The molecule has 0 saturated carbocycles. The Kier molecular flexibility index (Phi) is 8.43. The molecule has 1 aliphatic carbocycles. The van der Waals surface area contributed by atoms with E-state index in [4.69, 9.17) is 14.6 Å². The Labute approximate surface area is 193 Å². The van der Waals surface area contributed by atoms with Crippen molar-refractivity contribution in [3.8, 4) is 11.1 Å². The highest BCUT2D eigenvalue weighted by Gasteiger charge is 2.29. The van der Waals surface area contributed by atoms with Crippen molar-refractivity contribution < 1.29 is 29.0 Å². The van der Waals surface area contributed by atoms with Gasteiger partial charge in [-0.15, -0.1) is 0 Å². The first-order chi connectivity index (χ1) is 16.0. The number of alkyl carbamates (subject to hydrolysis) is 1. The molecule has 3 rings (SSSR count). The largest absolute Gasteiger partial charge is 0.480 e. The molecule has 2 amide bonds. The van der Waals surface area contributed by atoms with Crippen LogP contribution < -0.4 is 5.32 Å². The first kappa shape index (κ1) is 24.3. The number of carboxylic acid groups (broad SMARTS) is 1. The molecule has 0 saturated heterocycles. The number of aliphatic carboxylic acids is 1. The molecule has 0 fully saturated rings. The van der Waals surface area contributed by atoms with Gasteiger partial charge in [0.2, 0.25) is 5.91 Å². The molecular formula is C25H30N2O6. The lowest BCUT2D eigenvalue weighted by atomic mass is 9.98. The van der Waals surface area contributed by atoms with Gasteiger partial charge in [-0.1, -0.05) is 55.5 Å². The lowest BCUT2D eigenvalue weighted by molar-refractivity contribution is -0.146. The van der Waals surface area contributed by atoms with Gasteiger partial charge < -0.3 is 24.8 Å². The second-order valence-electron chi connectivity index (χ2n) is 7.96. The average molecular weight is 455 g/mol. The van der Waals surface area contributed by atoms with Crippen LogP contribution in [0.2, 0.25) is 0 Å². The topological polar surface area (TPSA) is 105 Å². The zero-order chi connectivity index (χ0) is 23.8. The third-order valence-electron chi connectivity index (χ3n) is 5.88. The predicted molar refractivity (Wildman–Crippen MR) is 123 cm³/mol. The summed E-state index contributed by atoms with van der Waals surface area (Å²) in [4.78, 5) is 37.6. The van der Waals surface area contributed by atoms with Crippen LogP contribution in [-0.2, 0) is 19.1 Å². The highest BCUT2D eigenvalue weighted by atomic mass is 16.5. The molecule has 0 bridgehead atoms. The zero-order valence-electron chi connectivity index (χ0n) is 19.0. The molecule has 2 aromatic rings. The molecule has 8 nitrogen and oxygen atoms in total. The van der Waals surface area contributed by atoms with Crippen LogP contribution in [0, 0.1) is 5.92 Å². The Balaban J connectivity index is 1.57. The fraction of sp³-hybridized carbons (Fsp3) is 0.400. The number of nitrogens with one attached hydrogen (secondary N) is 1. The standard InChI is InChI=1S/C25H30N2O6/c1-3-17(24(30)27(12-13-32-2)15-23(28)29)14-26-25(31)33-16-22-20-10-6-4-8-18(20)19-9-5-7-11-21(19)22/h4-11,17,22H,3,12-16H2,1-2H3,(H,26,31)(H,28,29). The second-order valence-corrected chi connectivity index (χ2v) is 7.96. The van der Waals surface area contributed by atoms with Crippen molar-refractivity contribution in [3.05, 3.63) is 59.7 Å². The Bertz CT molecular complexity index is 947. The fourth-order valence-corrected chi connectivity index (χ4v) is 4.15. The third kappa shape index (κ3) is 5.90. The number of amides is 2. The Hall–Kier alpha value is -3.39. The van der Waals surface area contributed by atoms with Gasteiger partial charge in [-0.2, -0.15) is 0 Å². The van der Waals surface area contributed by atoms with Crippen LogP contribution >= 0.6 is 0 Å². The van der Waals surface area contributed by atoms with Crippen molar-refractivity contribution in [3.63, 3.8) is 0 Å². The molecular weight excluding hydrogens is 424 g/mol. The van der Waals surface area contributed by atoms with Crippen molar-refractivity contribution >= 4 is 18.0 Å². The summed E-state index contributed by atoms with van der Waals surface area (Å²) in [5.74, 6) is -2.04. The lowest BCUT2D eigenvalue weighted by Gasteiger charge is -2.25. The van der Waals surface area contributed by atoms with Gasteiger partial charge in [0.15, 0.2) is 0 Å². The Morgan fingerprint density at radius 3 is 2.21 bits per heavy atom. The highest BCUT2D eigenvalue weighted by molar-refractivity contribution is 5.84. The number of benzene rings is 2. The average Bonchev–Trinajstić information content (AvgIpc) is 3.14. The van der Waals surface area contributed by atoms with E-state index in [0.717, 1.165) is 22.3 Å². The number of hydrogen-bond donors (Lipinski definition) is 2. The molecule has 2 N–H and O–H groups in total. The van der Waals surface area contributed by atoms with Gasteiger partial charge in [0.1, 0.15) is 13.2 Å². The van der Waals surface area contributed by atoms with Gasteiger partial charge in [0.25, 0.3) is 0 Å². The summed E-state index contributed by atoms with van der Waals surface area (Å²) in [6.07, 6.45) is -0.157. The van der Waals surface area contributed by atoms with Gasteiger partial charge in [0.05, 0.1) is 12.5 Å². The SMILES string of the molecule is CCC(CNC(=O)OCC1c2ccccc2-c2ccccc21)C(=O)N(CCOC)CC(=O)O. The van der Waals surface area contributed by atoms with Crippen LogP contribution in [0.15, 0.2) is 48.5 Å². The molecule has 0 aromatic heterocycles. The van der Waals surface area contributed by atoms with Crippen LogP contribution in [-0.4, -0.2) is 67.9 Å². The maximum absolute atomic E-state index is 12.8. The maximum Gasteiger partial charge on any atom is 0.407 e. The number of ether oxygens (including phenoxy) is 2. The van der Waals surface area contributed by atoms with Crippen LogP contribution in [0.1, 0.15) is 30.4 Å². The molecule has 8 heteroatoms. The van der Waals surface area contributed by atoms with Crippen molar-refractivity contribution in [1.29, 1.82) is 0 Å². The lowest BCUT2D eigenvalue weighted by Crippen LogP contribution is -2.45. The molecule has 1 atom stereocenters. The summed E-state index contributed by atoms with van der Waals surface area (Å²) in [5.41, 5.74) is 4.54. The minimum atomic E-state index is -1.10. The highest BCUT2D eigenvalue weighted by Crippen LogP contribution is 2.44. The number of carboxylic acids is 1. The van der Waals surface area contributed by atoms with E-state index >= 15 is 0 Å². The normalized spacial score (nSPS) is 13.0. The first-order valence-corrected chi connectivity index (χ1v) is 11.0. The number of fused-ring (bicyclic) bond motifs is 3. The van der Waals surface area contributed by atoms with Crippen LogP contribution in [0.5, 0.6) is 0 Å². The van der Waals surface area contributed by atoms with Crippen molar-refractivity contribution in [1.82, 2.24) is 10.2 Å². The number of nitrogens with zero attached hydrogens (tertiary/aromatic N) is 1. The Morgan fingerprint density at radius 2 is 1.67 bits per heavy atom. The van der Waals surface area contributed by atoms with E-state index in [9.17, 15) is 14.4 Å². The minimum absolute atomic E-state index is 0.0492. The predicted octanol–water partition coefficient (Wildman–Crippen LogP) is 3.11. The summed E-state index contributed by atoms with van der Waals surface area (Å²) in [7, 11) is 1.49. The molecule has 2 aromatic carbocycles.